The molecule has 0 bridgehead atoms. The van der Waals surface area contributed by atoms with Crippen LogP contribution in [-0.2, 0) is 0 Å². The zero-order valence-corrected chi connectivity index (χ0v) is 11.2. The zero-order valence-electron chi connectivity index (χ0n) is 11.2. The molecule has 2 saturated heterocycles. The van der Waals surface area contributed by atoms with Gasteiger partial charge in [0.15, 0.2) is 5.82 Å². The van der Waals surface area contributed by atoms with Crippen molar-refractivity contribution in [1.29, 1.82) is 0 Å². The molecule has 0 spiro atoms. The highest BCUT2D eigenvalue weighted by Crippen LogP contribution is 2.30. The number of anilines is 1. The Labute approximate surface area is 112 Å². The van der Waals surface area contributed by atoms with E-state index in [1.807, 2.05) is 23.8 Å². The van der Waals surface area contributed by atoms with Gasteiger partial charge in [-0.1, -0.05) is 0 Å². The van der Waals surface area contributed by atoms with Crippen LogP contribution in [0.1, 0.15) is 25.0 Å². The van der Waals surface area contributed by atoms with E-state index in [0.29, 0.717) is 12.1 Å². The standard InChI is InChI=1S/C14H19N5/c1-10-9-13-14(15-5-8-19(13)17-10)16-11-4-7-18-6-2-3-12(11)18/h5,8-9,11-12H,2-4,6-7H2,1H3,(H,15,16). The van der Waals surface area contributed by atoms with Crippen LogP contribution in [0.15, 0.2) is 18.5 Å². The summed E-state index contributed by atoms with van der Waals surface area (Å²) in [6.07, 6.45) is 7.61. The molecule has 2 aliphatic heterocycles. The third-order valence-electron chi connectivity index (χ3n) is 4.44. The highest BCUT2D eigenvalue weighted by molar-refractivity contribution is 5.68. The molecule has 100 valence electrons. The molecule has 2 unspecified atom stereocenters. The second-order valence-electron chi connectivity index (χ2n) is 5.68. The Balaban J connectivity index is 1.64. The maximum Gasteiger partial charge on any atom is 0.152 e. The number of nitrogens with zero attached hydrogens (tertiary/aromatic N) is 4. The number of hydrogen-bond donors (Lipinski definition) is 1. The summed E-state index contributed by atoms with van der Waals surface area (Å²) in [6, 6.07) is 3.33. The average Bonchev–Trinajstić information content (AvgIpc) is 3.05. The van der Waals surface area contributed by atoms with Crippen molar-refractivity contribution in [3.8, 4) is 0 Å². The summed E-state index contributed by atoms with van der Waals surface area (Å²) in [6.45, 7) is 4.51. The van der Waals surface area contributed by atoms with E-state index in [0.717, 1.165) is 17.0 Å². The summed E-state index contributed by atoms with van der Waals surface area (Å²) >= 11 is 0. The van der Waals surface area contributed by atoms with E-state index in [9.17, 15) is 0 Å². The Bertz CT molecular complexity index is 605. The molecule has 2 aliphatic rings. The van der Waals surface area contributed by atoms with Crippen LogP contribution in [-0.4, -0.2) is 44.7 Å². The van der Waals surface area contributed by atoms with Crippen LogP contribution in [0.3, 0.4) is 0 Å². The van der Waals surface area contributed by atoms with E-state index in [1.54, 1.807) is 0 Å². The van der Waals surface area contributed by atoms with E-state index < -0.39 is 0 Å². The molecule has 4 heterocycles. The number of aromatic nitrogens is 3. The largest absolute Gasteiger partial charge is 0.364 e. The van der Waals surface area contributed by atoms with Crippen LogP contribution < -0.4 is 5.32 Å². The smallest absolute Gasteiger partial charge is 0.152 e. The van der Waals surface area contributed by atoms with Gasteiger partial charge in [-0.25, -0.2) is 9.50 Å². The van der Waals surface area contributed by atoms with Gasteiger partial charge in [-0.3, -0.25) is 4.90 Å². The van der Waals surface area contributed by atoms with E-state index in [1.165, 1.54) is 32.4 Å². The predicted octanol–water partition coefficient (Wildman–Crippen LogP) is 1.69. The van der Waals surface area contributed by atoms with Gasteiger partial charge in [-0.05, 0) is 38.8 Å². The van der Waals surface area contributed by atoms with Crippen molar-refractivity contribution in [2.45, 2.75) is 38.3 Å². The van der Waals surface area contributed by atoms with Crippen LogP contribution in [0.25, 0.3) is 5.52 Å². The third-order valence-corrected chi connectivity index (χ3v) is 4.44. The van der Waals surface area contributed by atoms with Crippen LogP contribution in [0.4, 0.5) is 5.82 Å². The predicted molar refractivity (Wildman–Crippen MR) is 74.3 cm³/mol. The fourth-order valence-electron chi connectivity index (χ4n) is 3.58. The van der Waals surface area contributed by atoms with E-state index in [-0.39, 0.29) is 0 Å². The molecule has 19 heavy (non-hydrogen) atoms. The van der Waals surface area contributed by atoms with Crippen molar-refractivity contribution < 1.29 is 0 Å². The zero-order chi connectivity index (χ0) is 12.8. The second-order valence-corrected chi connectivity index (χ2v) is 5.68. The number of aryl methyl sites for hydroxylation is 1. The topological polar surface area (TPSA) is 45.5 Å². The number of fused-ring (bicyclic) bond motifs is 2. The molecular weight excluding hydrogens is 238 g/mol. The molecule has 2 aromatic heterocycles. The lowest BCUT2D eigenvalue weighted by Gasteiger charge is -2.21. The first-order chi connectivity index (χ1) is 9.31. The molecule has 0 aromatic carbocycles. The molecule has 2 aromatic rings. The molecule has 4 rings (SSSR count). The summed E-state index contributed by atoms with van der Waals surface area (Å²) in [5.41, 5.74) is 2.11. The van der Waals surface area contributed by atoms with E-state index in [4.69, 9.17) is 0 Å². The van der Waals surface area contributed by atoms with Crippen molar-refractivity contribution >= 4 is 11.3 Å². The number of nitrogens with one attached hydrogen (secondary N) is 1. The minimum absolute atomic E-state index is 0.538. The monoisotopic (exact) mass is 257 g/mol. The van der Waals surface area contributed by atoms with Gasteiger partial charge >= 0.3 is 0 Å². The molecule has 1 N–H and O–H groups in total. The van der Waals surface area contributed by atoms with Gasteiger partial charge < -0.3 is 5.32 Å². The summed E-state index contributed by atoms with van der Waals surface area (Å²) < 4.78 is 1.91. The van der Waals surface area contributed by atoms with E-state index >= 15 is 0 Å². The van der Waals surface area contributed by atoms with Gasteiger partial charge in [0, 0.05) is 31.0 Å². The maximum atomic E-state index is 4.51. The Morgan fingerprint density at radius 2 is 2.26 bits per heavy atom. The first-order valence-electron chi connectivity index (χ1n) is 7.13. The lowest BCUT2D eigenvalue weighted by atomic mass is 10.1. The van der Waals surface area contributed by atoms with Crippen molar-refractivity contribution in [2.75, 3.05) is 18.4 Å². The highest BCUT2D eigenvalue weighted by Gasteiger charge is 2.37. The van der Waals surface area contributed by atoms with Crippen LogP contribution in [0, 0.1) is 6.92 Å². The van der Waals surface area contributed by atoms with E-state index in [2.05, 4.69) is 26.4 Å². The Morgan fingerprint density at radius 3 is 3.21 bits per heavy atom. The van der Waals surface area contributed by atoms with Gasteiger partial charge in [0.25, 0.3) is 0 Å². The van der Waals surface area contributed by atoms with Gasteiger partial charge in [-0.2, -0.15) is 5.10 Å². The third kappa shape index (κ3) is 1.80. The first-order valence-corrected chi connectivity index (χ1v) is 7.13. The quantitative estimate of drug-likeness (QED) is 0.889. The van der Waals surface area contributed by atoms with Crippen molar-refractivity contribution in [1.82, 2.24) is 19.5 Å². The molecular formula is C14H19N5. The Hall–Kier alpha value is -1.62. The maximum absolute atomic E-state index is 4.51. The lowest BCUT2D eigenvalue weighted by Crippen LogP contribution is -2.34. The summed E-state index contributed by atoms with van der Waals surface area (Å²) in [5.74, 6) is 0.974. The van der Waals surface area contributed by atoms with Crippen LogP contribution in [0.5, 0.6) is 0 Å². The molecule has 0 saturated carbocycles. The molecule has 2 fully saturated rings. The van der Waals surface area contributed by atoms with Gasteiger partial charge in [0.05, 0.1) is 5.69 Å². The summed E-state index contributed by atoms with van der Waals surface area (Å²) in [4.78, 5) is 7.12. The molecule has 0 amide bonds. The molecule has 5 heteroatoms. The summed E-state index contributed by atoms with van der Waals surface area (Å²) in [5, 5.41) is 8.10. The minimum Gasteiger partial charge on any atom is -0.364 e. The molecule has 2 atom stereocenters. The van der Waals surface area contributed by atoms with Gasteiger partial charge in [-0.15, -0.1) is 0 Å². The SMILES string of the molecule is Cc1cc2c(NC3CCN4CCCC34)nccn2n1. The van der Waals surface area contributed by atoms with Crippen molar-refractivity contribution in [2.24, 2.45) is 0 Å². The molecule has 0 radical (unpaired) electrons. The lowest BCUT2D eigenvalue weighted by molar-refractivity contribution is 0.318. The summed E-state index contributed by atoms with van der Waals surface area (Å²) in [7, 11) is 0. The van der Waals surface area contributed by atoms with Crippen molar-refractivity contribution in [3.63, 3.8) is 0 Å². The Morgan fingerprint density at radius 1 is 1.32 bits per heavy atom. The minimum atomic E-state index is 0.538. The number of hydrogen-bond acceptors (Lipinski definition) is 4. The van der Waals surface area contributed by atoms with Gasteiger partial charge in [0.1, 0.15) is 5.52 Å². The molecule has 0 aliphatic carbocycles. The first kappa shape index (κ1) is 11.2. The van der Waals surface area contributed by atoms with Crippen molar-refractivity contribution in [3.05, 3.63) is 24.2 Å². The Kier molecular flexibility index (Phi) is 2.48. The van der Waals surface area contributed by atoms with Crippen LogP contribution >= 0.6 is 0 Å². The number of rotatable bonds is 2. The fraction of sp³-hybridized carbons (Fsp3) is 0.571. The second kappa shape index (κ2) is 4.20. The highest BCUT2D eigenvalue weighted by atomic mass is 15.3. The van der Waals surface area contributed by atoms with Gasteiger partial charge in [0.2, 0.25) is 0 Å². The van der Waals surface area contributed by atoms with Crippen LogP contribution in [0.2, 0.25) is 0 Å². The normalized spacial score (nSPS) is 27.0. The fourth-order valence-corrected chi connectivity index (χ4v) is 3.58. The average molecular weight is 257 g/mol. The molecule has 5 nitrogen and oxygen atoms in total.